The van der Waals surface area contributed by atoms with Gasteiger partial charge in [-0.25, -0.2) is 0 Å². The Morgan fingerprint density at radius 1 is 1.09 bits per heavy atom. The Morgan fingerprint density at radius 2 is 1.78 bits per heavy atom. The summed E-state index contributed by atoms with van der Waals surface area (Å²) < 4.78 is 0. The number of amides is 1. The van der Waals surface area contributed by atoms with Gasteiger partial charge >= 0.3 is 0 Å². The summed E-state index contributed by atoms with van der Waals surface area (Å²) in [6.45, 7) is 8.29. The van der Waals surface area contributed by atoms with Crippen molar-refractivity contribution in [3.8, 4) is 0 Å². The van der Waals surface area contributed by atoms with Gasteiger partial charge < -0.3 is 5.32 Å². The number of thioether (sulfide) groups is 1. The van der Waals surface area contributed by atoms with Gasteiger partial charge in [0.2, 0.25) is 5.91 Å². The fraction of sp³-hybridized carbons (Fsp3) is 0.350. The van der Waals surface area contributed by atoms with Gasteiger partial charge in [0.25, 0.3) is 0 Å². The van der Waals surface area contributed by atoms with Gasteiger partial charge in [0.15, 0.2) is 0 Å². The van der Waals surface area contributed by atoms with Gasteiger partial charge in [-0.1, -0.05) is 43.3 Å². The molecule has 2 nitrogen and oxygen atoms in total. The van der Waals surface area contributed by atoms with Crippen molar-refractivity contribution < 1.29 is 4.79 Å². The molecule has 1 amide bonds. The first-order valence-electron chi connectivity index (χ1n) is 8.10. The lowest BCUT2D eigenvalue weighted by Crippen LogP contribution is -2.34. The Bertz CT molecular complexity index is 654. The minimum Gasteiger partial charge on any atom is -0.348 e. The molecule has 0 aliphatic heterocycles. The summed E-state index contributed by atoms with van der Waals surface area (Å²) in [5.41, 5.74) is 3.73. The summed E-state index contributed by atoms with van der Waals surface area (Å²) in [6, 6.07) is 16.5. The van der Waals surface area contributed by atoms with E-state index in [-0.39, 0.29) is 17.2 Å². The van der Waals surface area contributed by atoms with E-state index in [0.29, 0.717) is 0 Å². The van der Waals surface area contributed by atoms with E-state index < -0.39 is 0 Å². The monoisotopic (exact) mass is 327 g/mol. The van der Waals surface area contributed by atoms with Crippen LogP contribution >= 0.6 is 11.8 Å². The highest BCUT2D eigenvalue weighted by Crippen LogP contribution is 2.25. The van der Waals surface area contributed by atoms with Crippen LogP contribution in [0.2, 0.25) is 0 Å². The fourth-order valence-corrected chi connectivity index (χ4v) is 3.35. The SMILES string of the molecule is CC[C@@H](NC(=O)[C@H](C)Sc1ccccc1)c1ccc(C)c(C)c1. The molecule has 23 heavy (non-hydrogen) atoms. The van der Waals surface area contributed by atoms with E-state index in [2.05, 4.69) is 44.3 Å². The molecule has 0 radical (unpaired) electrons. The van der Waals surface area contributed by atoms with Gasteiger partial charge in [0, 0.05) is 4.90 Å². The summed E-state index contributed by atoms with van der Waals surface area (Å²) in [4.78, 5) is 13.6. The van der Waals surface area contributed by atoms with Crippen LogP contribution < -0.4 is 5.32 Å². The molecule has 1 N–H and O–H groups in total. The number of benzene rings is 2. The van der Waals surface area contributed by atoms with Crippen LogP contribution in [0.4, 0.5) is 0 Å². The molecule has 0 heterocycles. The molecular formula is C20H25NOS. The first-order chi connectivity index (χ1) is 11.0. The lowest BCUT2D eigenvalue weighted by Gasteiger charge is -2.21. The first-order valence-corrected chi connectivity index (χ1v) is 8.98. The van der Waals surface area contributed by atoms with Crippen molar-refractivity contribution in [3.63, 3.8) is 0 Å². The number of carbonyl (C=O) groups is 1. The van der Waals surface area contributed by atoms with E-state index >= 15 is 0 Å². The number of aryl methyl sites for hydroxylation is 2. The van der Waals surface area contributed by atoms with Crippen molar-refractivity contribution in [1.29, 1.82) is 0 Å². The van der Waals surface area contributed by atoms with Gasteiger partial charge in [-0.05, 0) is 56.0 Å². The molecule has 3 heteroatoms. The van der Waals surface area contributed by atoms with E-state index in [4.69, 9.17) is 0 Å². The molecule has 0 spiro atoms. The third-order valence-corrected chi connectivity index (χ3v) is 5.20. The molecule has 0 aromatic heterocycles. The van der Waals surface area contributed by atoms with Crippen LogP contribution in [0.1, 0.15) is 43.0 Å². The Kier molecular flexibility index (Phi) is 6.28. The Morgan fingerprint density at radius 3 is 2.39 bits per heavy atom. The number of nitrogens with one attached hydrogen (secondary N) is 1. The molecule has 0 fully saturated rings. The average Bonchev–Trinajstić information content (AvgIpc) is 2.56. The van der Waals surface area contributed by atoms with Crippen LogP contribution in [0.5, 0.6) is 0 Å². The molecule has 0 saturated heterocycles. The molecule has 2 aromatic carbocycles. The minimum absolute atomic E-state index is 0.0700. The Balaban J connectivity index is 2.02. The zero-order valence-electron chi connectivity index (χ0n) is 14.3. The predicted molar refractivity (Wildman–Crippen MR) is 98.9 cm³/mol. The molecule has 2 aromatic rings. The smallest absolute Gasteiger partial charge is 0.233 e. The lowest BCUT2D eigenvalue weighted by atomic mass is 9.99. The second kappa shape index (κ2) is 8.21. The van der Waals surface area contributed by atoms with Gasteiger partial charge in [-0.2, -0.15) is 0 Å². The largest absolute Gasteiger partial charge is 0.348 e. The van der Waals surface area contributed by atoms with Crippen molar-refractivity contribution in [2.75, 3.05) is 0 Å². The van der Waals surface area contributed by atoms with Gasteiger partial charge in [-0.3, -0.25) is 4.79 Å². The Hall–Kier alpha value is -1.74. The third-order valence-electron chi connectivity index (χ3n) is 4.08. The molecule has 2 atom stereocenters. The van der Waals surface area contributed by atoms with E-state index in [1.807, 2.05) is 37.3 Å². The van der Waals surface area contributed by atoms with E-state index in [1.54, 1.807) is 11.8 Å². The van der Waals surface area contributed by atoms with E-state index in [0.717, 1.165) is 11.3 Å². The zero-order chi connectivity index (χ0) is 16.8. The summed E-state index contributed by atoms with van der Waals surface area (Å²) in [5, 5.41) is 3.08. The molecule has 0 aliphatic rings. The molecule has 0 aliphatic carbocycles. The van der Waals surface area contributed by atoms with Crippen LogP contribution in [0.25, 0.3) is 0 Å². The highest BCUT2D eigenvalue weighted by Gasteiger charge is 2.19. The van der Waals surface area contributed by atoms with Crippen LogP contribution in [0.15, 0.2) is 53.4 Å². The van der Waals surface area contributed by atoms with Gasteiger partial charge in [0.1, 0.15) is 0 Å². The standard InChI is InChI=1S/C20H25NOS/c1-5-19(17-12-11-14(2)15(3)13-17)21-20(22)16(4)23-18-9-7-6-8-10-18/h6-13,16,19H,5H2,1-4H3,(H,21,22)/t16-,19+/m0/s1. The Labute approximate surface area is 143 Å². The highest BCUT2D eigenvalue weighted by atomic mass is 32.2. The maximum Gasteiger partial charge on any atom is 0.233 e. The number of rotatable bonds is 6. The fourth-order valence-electron chi connectivity index (χ4n) is 2.45. The van der Waals surface area contributed by atoms with Gasteiger partial charge in [0.05, 0.1) is 11.3 Å². The molecule has 122 valence electrons. The molecule has 0 bridgehead atoms. The maximum atomic E-state index is 12.5. The van der Waals surface area contributed by atoms with Crippen molar-refractivity contribution in [3.05, 3.63) is 65.2 Å². The second-order valence-electron chi connectivity index (χ2n) is 5.89. The predicted octanol–water partition coefficient (Wildman–Crippen LogP) is 5.05. The van der Waals surface area contributed by atoms with Crippen molar-refractivity contribution >= 4 is 17.7 Å². The lowest BCUT2D eigenvalue weighted by molar-refractivity contribution is -0.121. The molecule has 2 rings (SSSR count). The van der Waals surface area contributed by atoms with Gasteiger partial charge in [-0.15, -0.1) is 11.8 Å². The molecule has 0 unspecified atom stereocenters. The van der Waals surface area contributed by atoms with Crippen molar-refractivity contribution in [2.24, 2.45) is 0 Å². The van der Waals surface area contributed by atoms with Crippen LogP contribution in [-0.2, 0) is 4.79 Å². The minimum atomic E-state index is -0.113. The quantitative estimate of drug-likeness (QED) is 0.752. The maximum absolute atomic E-state index is 12.5. The van der Waals surface area contributed by atoms with Crippen molar-refractivity contribution in [1.82, 2.24) is 5.32 Å². The molecular weight excluding hydrogens is 302 g/mol. The number of hydrogen-bond donors (Lipinski definition) is 1. The summed E-state index contributed by atoms with van der Waals surface area (Å²) in [6.07, 6.45) is 0.886. The topological polar surface area (TPSA) is 29.1 Å². The number of hydrogen-bond acceptors (Lipinski definition) is 2. The normalized spacial score (nSPS) is 13.4. The van der Waals surface area contributed by atoms with E-state index in [1.165, 1.54) is 16.7 Å². The third kappa shape index (κ3) is 4.87. The van der Waals surface area contributed by atoms with Crippen LogP contribution in [0, 0.1) is 13.8 Å². The summed E-state index contributed by atoms with van der Waals surface area (Å²) >= 11 is 1.59. The summed E-state index contributed by atoms with van der Waals surface area (Å²) in [7, 11) is 0. The van der Waals surface area contributed by atoms with Crippen LogP contribution in [0.3, 0.4) is 0 Å². The zero-order valence-corrected chi connectivity index (χ0v) is 15.1. The second-order valence-corrected chi connectivity index (χ2v) is 7.30. The summed E-state index contributed by atoms with van der Waals surface area (Å²) in [5.74, 6) is 0.0870. The van der Waals surface area contributed by atoms with Crippen LogP contribution in [-0.4, -0.2) is 11.2 Å². The highest BCUT2D eigenvalue weighted by molar-refractivity contribution is 8.00. The first kappa shape index (κ1) is 17.6. The van der Waals surface area contributed by atoms with E-state index in [9.17, 15) is 4.79 Å². The van der Waals surface area contributed by atoms with Crippen molar-refractivity contribution in [2.45, 2.75) is 50.3 Å². The molecule has 0 saturated carbocycles. The average molecular weight is 327 g/mol. The number of carbonyl (C=O) groups excluding carboxylic acids is 1.